The van der Waals surface area contributed by atoms with Crippen molar-refractivity contribution in [2.24, 2.45) is 11.8 Å². The molecule has 2 aliphatic carbocycles. The lowest BCUT2D eigenvalue weighted by Gasteiger charge is -2.54. The second kappa shape index (κ2) is 6.75. The summed E-state index contributed by atoms with van der Waals surface area (Å²) in [6.07, 6.45) is 7.92. The predicted octanol–water partition coefficient (Wildman–Crippen LogP) is 2.81. The van der Waals surface area contributed by atoms with E-state index in [4.69, 9.17) is 9.47 Å². The van der Waals surface area contributed by atoms with Crippen LogP contribution in [0.4, 0.5) is 0 Å². The Morgan fingerprint density at radius 2 is 1.52 bits per heavy atom. The number of hydrogen-bond donors (Lipinski definition) is 0. The van der Waals surface area contributed by atoms with Crippen LogP contribution in [0.15, 0.2) is 48.6 Å². The van der Waals surface area contributed by atoms with Gasteiger partial charge < -0.3 is 9.47 Å². The van der Waals surface area contributed by atoms with Crippen LogP contribution in [0.25, 0.3) is 0 Å². The topological polar surface area (TPSA) is 69.7 Å². The zero-order chi connectivity index (χ0) is 19.2. The molecule has 142 valence electrons. The van der Waals surface area contributed by atoms with E-state index in [9.17, 15) is 13.8 Å². The molecule has 1 aromatic carbocycles. The molecular formula is C21H22O5S. The molecule has 5 atom stereocenters. The van der Waals surface area contributed by atoms with Gasteiger partial charge in [0.05, 0.1) is 29.3 Å². The first-order valence-corrected chi connectivity index (χ1v) is 10.5. The second-order valence-corrected chi connectivity index (χ2v) is 8.67. The van der Waals surface area contributed by atoms with Gasteiger partial charge in [0.25, 0.3) is 0 Å². The van der Waals surface area contributed by atoms with Crippen molar-refractivity contribution in [3.63, 3.8) is 0 Å². The third kappa shape index (κ3) is 2.32. The molecule has 0 spiro atoms. The van der Waals surface area contributed by atoms with E-state index in [-0.39, 0.29) is 25.0 Å². The number of carbonyl (C=O) groups excluding carboxylic acids is 2. The van der Waals surface area contributed by atoms with E-state index in [0.29, 0.717) is 0 Å². The molecule has 1 saturated heterocycles. The standard InChI is InChI=1S/C21H22O5S/c1-3-25-19(22)21(20(23)26-4-2)17-13-9-5-7-11-15(13)18(27(21)24)16-12-8-6-10-14(16)17/h5-13,15,17-18H,3-4H2,1-2H3. The van der Waals surface area contributed by atoms with Crippen LogP contribution in [0.3, 0.4) is 0 Å². The number of rotatable bonds is 4. The monoisotopic (exact) mass is 386 g/mol. The first kappa shape index (κ1) is 18.2. The predicted molar refractivity (Wildman–Crippen MR) is 101 cm³/mol. The Labute approximate surface area is 160 Å². The van der Waals surface area contributed by atoms with Gasteiger partial charge >= 0.3 is 11.9 Å². The Bertz CT molecular complexity index is 853. The van der Waals surface area contributed by atoms with Gasteiger partial charge in [0.2, 0.25) is 4.75 Å². The van der Waals surface area contributed by atoms with E-state index in [1.54, 1.807) is 13.8 Å². The first-order chi connectivity index (χ1) is 13.1. The highest BCUT2D eigenvalue weighted by Crippen LogP contribution is 2.62. The Hall–Kier alpha value is -2.21. The van der Waals surface area contributed by atoms with Gasteiger partial charge in [-0.15, -0.1) is 0 Å². The summed E-state index contributed by atoms with van der Waals surface area (Å²) in [6.45, 7) is 3.58. The van der Waals surface area contributed by atoms with Crippen LogP contribution in [0, 0.1) is 11.8 Å². The van der Waals surface area contributed by atoms with Crippen molar-refractivity contribution in [1.29, 1.82) is 0 Å². The summed E-state index contributed by atoms with van der Waals surface area (Å²) in [5.74, 6) is -2.20. The molecule has 5 rings (SSSR count). The van der Waals surface area contributed by atoms with Gasteiger partial charge in [0.15, 0.2) is 0 Å². The molecule has 27 heavy (non-hydrogen) atoms. The van der Waals surface area contributed by atoms with Crippen LogP contribution in [0.1, 0.15) is 36.1 Å². The van der Waals surface area contributed by atoms with Crippen LogP contribution < -0.4 is 0 Å². The molecule has 0 N–H and O–H groups in total. The lowest BCUT2D eigenvalue weighted by atomic mass is 9.62. The van der Waals surface area contributed by atoms with E-state index in [0.717, 1.165) is 11.1 Å². The van der Waals surface area contributed by atoms with Crippen molar-refractivity contribution < 1.29 is 23.3 Å². The molecule has 2 bridgehead atoms. The molecule has 2 aliphatic heterocycles. The van der Waals surface area contributed by atoms with Crippen molar-refractivity contribution in [3.8, 4) is 0 Å². The summed E-state index contributed by atoms with van der Waals surface area (Å²) in [5, 5.41) is -0.453. The molecule has 5 nitrogen and oxygen atoms in total. The highest BCUT2D eigenvalue weighted by molar-refractivity contribution is 7.88. The Balaban J connectivity index is 1.99. The molecule has 1 aromatic rings. The van der Waals surface area contributed by atoms with Crippen LogP contribution in [-0.2, 0) is 29.9 Å². The second-order valence-electron chi connectivity index (χ2n) is 6.93. The summed E-state index contributed by atoms with van der Waals surface area (Å²) >= 11 is 0. The normalized spacial score (nSPS) is 31.7. The number of carbonyl (C=O) groups is 2. The number of ether oxygens (including phenoxy) is 2. The van der Waals surface area contributed by atoms with E-state index in [1.807, 2.05) is 48.6 Å². The third-order valence-electron chi connectivity index (χ3n) is 5.74. The lowest BCUT2D eigenvalue weighted by Crippen LogP contribution is -2.65. The zero-order valence-electron chi connectivity index (χ0n) is 15.3. The van der Waals surface area contributed by atoms with Crippen LogP contribution in [0.2, 0.25) is 0 Å². The highest BCUT2D eigenvalue weighted by atomic mass is 32.2. The maximum Gasteiger partial charge on any atom is 0.337 e. The smallest absolute Gasteiger partial charge is 0.337 e. The molecule has 1 fully saturated rings. The summed E-state index contributed by atoms with van der Waals surface area (Å²) < 4.78 is 22.6. The molecule has 5 unspecified atom stereocenters. The van der Waals surface area contributed by atoms with Crippen molar-refractivity contribution >= 4 is 22.7 Å². The number of fused-ring (bicyclic) bond motifs is 1. The lowest BCUT2D eigenvalue weighted by molar-refractivity contribution is -0.161. The minimum Gasteiger partial charge on any atom is -0.464 e. The first-order valence-electron chi connectivity index (χ1n) is 9.27. The van der Waals surface area contributed by atoms with Gasteiger partial charge in [-0.1, -0.05) is 48.6 Å². The molecule has 0 aromatic heterocycles. The van der Waals surface area contributed by atoms with Crippen LogP contribution in [-0.4, -0.2) is 34.1 Å². The van der Waals surface area contributed by atoms with Crippen molar-refractivity contribution in [3.05, 3.63) is 59.7 Å². The minimum absolute atomic E-state index is 0.0206. The van der Waals surface area contributed by atoms with Crippen molar-refractivity contribution in [1.82, 2.24) is 0 Å². The fourth-order valence-electron chi connectivity index (χ4n) is 4.80. The number of benzene rings is 1. The Morgan fingerprint density at radius 1 is 0.963 bits per heavy atom. The largest absolute Gasteiger partial charge is 0.464 e. The minimum atomic E-state index is -1.83. The molecular weight excluding hydrogens is 364 g/mol. The highest BCUT2D eigenvalue weighted by Gasteiger charge is 2.71. The molecule has 0 radical (unpaired) electrons. The molecule has 0 amide bonds. The average Bonchev–Trinajstić information content (AvgIpc) is 2.68. The maximum atomic E-state index is 13.8. The summed E-state index contributed by atoms with van der Waals surface area (Å²) in [7, 11) is -1.80. The van der Waals surface area contributed by atoms with Gasteiger partial charge in [-0.05, 0) is 30.9 Å². The van der Waals surface area contributed by atoms with E-state index < -0.39 is 38.7 Å². The molecule has 2 heterocycles. The number of allylic oxidation sites excluding steroid dienone is 4. The van der Waals surface area contributed by atoms with Gasteiger partial charge in [0, 0.05) is 11.8 Å². The number of hydrogen-bond acceptors (Lipinski definition) is 5. The maximum absolute atomic E-state index is 13.8. The third-order valence-corrected chi connectivity index (χ3v) is 7.99. The van der Waals surface area contributed by atoms with Gasteiger partial charge in [-0.2, -0.15) is 0 Å². The fourth-order valence-corrected chi connectivity index (χ4v) is 7.18. The van der Waals surface area contributed by atoms with Crippen molar-refractivity contribution in [2.45, 2.75) is 29.8 Å². The molecule has 6 heteroatoms. The Morgan fingerprint density at radius 3 is 2.11 bits per heavy atom. The average molecular weight is 386 g/mol. The summed E-state index contributed by atoms with van der Waals surface area (Å²) in [4.78, 5) is 26.3. The fraction of sp³-hybridized carbons (Fsp3) is 0.429. The summed E-state index contributed by atoms with van der Waals surface area (Å²) in [5.41, 5.74) is 1.84. The van der Waals surface area contributed by atoms with Crippen LogP contribution >= 0.6 is 0 Å². The van der Waals surface area contributed by atoms with E-state index in [2.05, 4.69) is 0 Å². The van der Waals surface area contributed by atoms with E-state index >= 15 is 0 Å². The molecule has 0 saturated carbocycles. The number of esters is 2. The van der Waals surface area contributed by atoms with Gasteiger partial charge in [-0.3, -0.25) is 4.21 Å². The van der Waals surface area contributed by atoms with Crippen molar-refractivity contribution in [2.75, 3.05) is 13.2 Å². The summed E-state index contributed by atoms with van der Waals surface area (Å²) in [6, 6.07) is 7.68. The SMILES string of the molecule is CCOC(=O)C1(C(=O)OCC)C2c3ccccc3C(C3C=CC=CC32)S1=O. The van der Waals surface area contributed by atoms with Crippen LogP contribution in [0.5, 0.6) is 0 Å². The Kier molecular flexibility index (Phi) is 4.54. The van der Waals surface area contributed by atoms with E-state index in [1.165, 1.54) is 0 Å². The van der Waals surface area contributed by atoms with Gasteiger partial charge in [-0.25, -0.2) is 9.59 Å². The van der Waals surface area contributed by atoms with Gasteiger partial charge in [0.1, 0.15) is 0 Å². The molecule has 4 aliphatic rings. The quantitative estimate of drug-likeness (QED) is 0.588. The zero-order valence-corrected chi connectivity index (χ0v) is 16.1.